The Morgan fingerprint density at radius 3 is 2.56 bits per heavy atom. The van der Waals surface area contributed by atoms with E-state index in [0.717, 1.165) is 0 Å². The Balaban J connectivity index is 2.54. The number of aromatic nitrogens is 1. The van der Waals surface area contributed by atoms with E-state index in [1.807, 2.05) is 0 Å². The highest BCUT2D eigenvalue weighted by Gasteiger charge is 2.10. The standard InChI is InChI=1S/C13H13FN2O2/c1-17-8-3-4-10(14)9(7-8)12-6-5-11(15)13(16-12)18-2/h3-7H,15H2,1-2H3. The van der Waals surface area contributed by atoms with Crippen LogP contribution in [0.4, 0.5) is 10.1 Å². The first-order valence-electron chi connectivity index (χ1n) is 5.30. The second-order valence-corrected chi connectivity index (χ2v) is 3.64. The van der Waals surface area contributed by atoms with E-state index in [1.54, 1.807) is 24.3 Å². The van der Waals surface area contributed by atoms with Gasteiger partial charge in [0.1, 0.15) is 11.6 Å². The fourth-order valence-electron chi connectivity index (χ4n) is 1.59. The van der Waals surface area contributed by atoms with Crippen LogP contribution in [-0.4, -0.2) is 19.2 Å². The summed E-state index contributed by atoms with van der Waals surface area (Å²) in [5, 5.41) is 0. The zero-order valence-corrected chi connectivity index (χ0v) is 10.1. The van der Waals surface area contributed by atoms with Gasteiger partial charge >= 0.3 is 0 Å². The van der Waals surface area contributed by atoms with Crippen molar-refractivity contribution < 1.29 is 13.9 Å². The molecule has 18 heavy (non-hydrogen) atoms. The second kappa shape index (κ2) is 4.91. The molecule has 5 heteroatoms. The molecule has 2 aromatic rings. The van der Waals surface area contributed by atoms with E-state index in [9.17, 15) is 4.39 Å². The first-order chi connectivity index (χ1) is 8.65. The van der Waals surface area contributed by atoms with Crippen molar-refractivity contribution in [1.29, 1.82) is 0 Å². The number of benzene rings is 1. The fraction of sp³-hybridized carbons (Fsp3) is 0.154. The highest BCUT2D eigenvalue weighted by molar-refractivity contribution is 5.65. The number of anilines is 1. The van der Waals surface area contributed by atoms with Crippen molar-refractivity contribution in [2.45, 2.75) is 0 Å². The average molecular weight is 248 g/mol. The molecule has 0 aliphatic rings. The Morgan fingerprint density at radius 2 is 1.89 bits per heavy atom. The summed E-state index contributed by atoms with van der Waals surface area (Å²) in [6, 6.07) is 7.72. The van der Waals surface area contributed by atoms with Crippen LogP contribution >= 0.6 is 0 Å². The lowest BCUT2D eigenvalue weighted by Gasteiger charge is -2.08. The number of hydrogen-bond donors (Lipinski definition) is 1. The molecule has 0 bridgehead atoms. The molecule has 1 aromatic carbocycles. The van der Waals surface area contributed by atoms with Crippen molar-refractivity contribution in [3.63, 3.8) is 0 Å². The molecule has 0 unspecified atom stereocenters. The van der Waals surface area contributed by atoms with Gasteiger partial charge in [0.15, 0.2) is 0 Å². The zero-order chi connectivity index (χ0) is 13.1. The maximum Gasteiger partial charge on any atom is 0.237 e. The number of methoxy groups -OCH3 is 2. The Labute approximate surface area is 104 Å². The van der Waals surface area contributed by atoms with E-state index < -0.39 is 0 Å². The molecule has 0 fully saturated rings. The van der Waals surface area contributed by atoms with Gasteiger partial charge in [0.2, 0.25) is 5.88 Å². The Morgan fingerprint density at radius 1 is 1.11 bits per heavy atom. The van der Waals surface area contributed by atoms with E-state index in [-0.39, 0.29) is 11.7 Å². The summed E-state index contributed by atoms with van der Waals surface area (Å²) < 4.78 is 23.8. The van der Waals surface area contributed by atoms with Gasteiger partial charge < -0.3 is 15.2 Å². The quantitative estimate of drug-likeness (QED) is 0.906. The third kappa shape index (κ3) is 2.20. The SMILES string of the molecule is COc1ccc(F)c(-c2ccc(N)c(OC)n2)c1. The highest BCUT2D eigenvalue weighted by atomic mass is 19.1. The number of nitrogens with zero attached hydrogens (tertiary/aromatic N) is 1. The first-order valence-corrected chi connectivity index (χ1v) is 5.30. The Hall–Kier alpha value is -2.30. The number of halogens is 1. The summed E-state index contributed by atoms with van der Waals surface area (Å²) in [5.41, 5.74) is 6.86. The van der Waals surface area contributed by atoms with Gasteiger partial charge in [-0.3, -0.25) is 0 Å². The third-order valence-electron chi connectivity index (χ3n) is 2.53. The number of nitrogens with two attached hydrogens (primary N) is 1. The molecule has 94 valence electrons. The number of nitrogen functional groups attached to an aromatic ring is 1. The lowest BCUT2D eigenvalue weighted by atomic mass is 10.1. The van der Waals surface area contributed by atoms with Crippen molar-refractivity contribution in [2.24, 2.45) is 0 Å². The van der Waals surface area contributed by atoms with Crippen LogP contribution < -0.4 is 15.2 Å². The van der Waals surface area contributed by atoms with Gasteiger partial charge in [-0.1, -0.05) is 0 Å². The van der Waals surface area contributed by atoms with Crippen LogP contribution in [0.5, 0.6) is 11.6 Å². The maximum atomic E-state index is 13.8. The molecule has 0 saturated carbocycles. The molecule has 0 amide bonds. The molecule has 0 spiro atoms. The third-order valence-corrected chi connectivity index (χ3v) is 2.53. The van der Waals surface area contributed by atoms with Gasteiger partial charge in [-0.15, -0.1) is 0 Å². The predicted octanol–water partition coefficient (Wildman–Crippen LogP) is 2.49. The predicted molar refractivity (Wildman–Crippen MR) is 67.1 cm³/mol. The number of ether oxygens (including phenoxy) is 2. The van der Waals surface area contributed by atoms with Crippen molar-refractivity contribution in [3.05, 3.63) is 36.1 Å². The molecule has 2 rings (SSSR count). The number of pyridine rings is 1. The zero-order valence-electron chi connectivity index (χ0n) is 10.1. The van der Waals surface area contributed by atoms with Crippen LogP contribution in [0, 0.1) is 5.82 Å². The summed E-state index contributed by atoms with van der Waals surface area (Å²) in [7, 11) is 2.98. The van der Waals surface area contributed by atoms with Gasteiger partial charge in [0, 0.05) is 5.56 Å². The van der Waals surface area contributed by atoms with Gasteiger partial charge in [0.25, 0.3) is 0 Å². The Bertz CT molecular complexity index is 573. The topological polar surface area (TPSA) is 57.4 Å². The fourth-order valence-corrected chi connectivity index (χ4v) is 1.59. The molecular formula is C13H13FN2O2. The average Bonchev–Trinajstić information content (AvgIpc) is 2.40. The summed E-state index contributed by atoms with van der Waals surface area (Å²) in [6.45, 7) is 0. The van der Waals surface area contributed by atoms with Crippen LogP contribution in [-0.2, 0) is 0 Å². The Kier molecular flexibility index (Phi) is 3.32. The van der Waals surface area contributed by atoms with E-state index >= 15 is 0 Å². The van der Waals surface area contributed by atoms with E-state index in [0.29, 0.717) is 22.7 Å². The van der Waals surface area contributed by atoms with E-state index in [2.05, 4.69) is 4.98 Å². The van der Waals surface area contributed by atoms with Gasteiger partial charge in [-0.25, -0.2) is 9.37 Å². The minimum atomic E-state index is -0.380. The molecule has 4 nitrogen and oxygen atoms in total. The van der Waals surface area contributed by atoms with Crippen LogP contribution in [0.25, 0.3) is 11.3 Å². The molecule has 0 aliphatic carbocycles. The molecule has 1 aromatic heterocycles. The summed E-state index contributed by atoms with van der Waals surface area (Å²) in [5.74, 6) is 0.453. The van der Waals surface area contributed by atoms with Crippen molar-refractivity contribution in [1.82, 2.24) is 4.98 Å². The van der Waals surface area contributed by atoms with E-state index in [4.69, 9.17) is 15.2 Å². The molecular weight excluding hydrogens is 235 g/mol. The van der Waals surface area contributed by atoms with Gasteiger partial charge in [0.05, 0.1) is 25.6 Å². The van der Waals surface area contributed by atoms with E-state index in [1.165, 1.54) is 20.3 Å². The van der Waals surface area contributed by atoms with Crippen LogP contribution in [0.3, 0.4) is 0 Å². The summed E-state index contributed by atoms with van der Waals surface area (Å²) in [4.78, 5) is 4.15. The minimum Gasteiger partial charge on any atom is -0.497 e. The summed E-state index contributed by atoms with van der Waals surface area (Å²) in [6.07, 6.45) is 0. The molecule has 0 radical (unpaired) electrons. The van der Waals surface area contributed by atoms with Crippen molar-refractivity contribution in [3.8, 4) is 22.9 Å². The normalized spacial score (nSPS) is 10.2. The lowest BCUT2D eigenvalue weighted by molar-refractivity contribution is 0.400. The van der Waals surface area contributed by atoms with Crippen molar-refractivity contribution in [2.75, 3.05) is 20.0 Å². The van der Waals surface area contributed by atoms with Crippen LogP contribution in [0.1, 0.15) is 0 Å². The lowest BCUT2D eigenvalue weighted by Crippen LogP contribution is -1.97. The van der Waals surface area contributed by atoms with Gasteiger partial charge in [-0.2, -0.15) is 0 Å². The highest BCUT2D eigenvalue weighted by Crippen LogP contribution is 2.29. The maximum absolute atomic E-state index is 13.8. The molecule has 2 N–H and O–H groups in total. The number of rotatable bonds is 3. The molecule has 1 heterocycles. The largest absolute Gasteiger partial charge is 0.497 e. The minimum absolute atomic E-state index is 0.273. The summed E-state index contributed by atoms with van der Waals surface area (Å²) >= 11 is 0. The van der Waals surface area contributed by atoms with Crippen LogP contribution in [0.15, 0.2) is 30.3 Å². The smallest absolute Gasteiger partial charge is 0.237 e. The first kappa shape index (κ1) is 12.2. The monoisotopic (exact) mass is 248 g/mol. The molecule has 0 aliphatic heterocycles. The van der Waals surface area contributed by atoms with Crippen molar-refractivity contribution >= 4 is 5.69 Å². The molecule has 0 saturated heterocycles. The number of hydrogen-bond acceptors (Lipinski definition) is 4. The van der Waals surface area contributed by atoms with Crippen LogP contribution in [0.2, 0.25) is 0 Å². The van der Waals surface area contributed by atoms with Gasteiger partial charge in [-0.05, 0) is 30.3 Å². The molecule has 0 atom stereocenters. The second-order valence-electron chi connectivity index (χ2n) is 3.64.